The van der Waals surface area contributed by atoms with Gasteiger partial charge in [-0.25, -0.2) is 26.9 Å². The highest BCUT2D eigenvalue weighted by atomic mass is 32.2. The Morgan fingerprint density at radius 2 is 1.85 bits per heavy atom. The molecule has 11 heteroatoms. The molecule has 0 spiro atoms. The van der Waals surface area contributed by atoms with Crippen LogP contribution in [0.4, 0.5) is 8.78 Å². The molecule has 0 aliphatic heterocycles. The maximum atomic E-state index is 14.3. The van der Waals surface area contributed by atoms with E-state index in [4.69, 9.17) is 5.26 Å². The second kappa shape index (κ2) is 12.7. The van der Waals surface area contributed by atoms with Crippen molar-refractivity contribution in [1.82, 2.24) is 15.0 Å². The topological polar surface area (TPSA) is 112 Å². The van der Waals surface area contributed by atoms with Crippen LogP contribution in [0.5, 0.6) is 0 Å². The summed E-state index contributed by atoms with van der Waals surface area (Å²) in [5.41, 5.74) is 2.58. The molecular formula is C28H28F2N4O3S2. The molecule has 1 heterocycles. The highest BCUT2D eigenvalue weighted by Crippen LogP contribution is 2.47. The van der Waals surface area contributed by atoms with Gasteiger partial charge < -0.3 is 5.32 Å². The monoisotopic (exact) mass is 570 g/mol. The van der Waals surface area contributed by atoms with Crippen LogP contribution in [0.25, 0.3) is 11.1 Å². The molecule has 7 nitrogen and oxygen atoms in total. The molecular weight excluding hydrogens is 542 g/mol. The molecule has 1 aliphatic carbocycles. The van der Waals surface area contributed by atoms with Crippen LogP contribution in [0.1, 0.15) is 30.7 Å². The number of alkyl halides is 2. The molecule has 0 saturated heterocycles. The number of rotatable bonds is 10. The number of benzene rings is 2. The van der Waals surface area contributed by atoms with Crippen molar-refractivity contribution in [3.05, 3.63) is 78.5 Å². The van der Waals surface area contributed by atoms with Gasteiger partial charge in [0.2, 0.25) is 11.8 Å². The Kier molecular flexibility index (Phi) is 9.32. The zero-order valence-electron chi connectivity index (χ0n) is 21.0. The van der Waals surface area contributed by atoms with Crippen LogP contribution < -0.4 is 10.0 Å². The third-order valence-electron chi connectivity index (χ3n) is 6.61. The van der Waals surface area contributed by atoms with E-state index in [1.807, 2.05) is 54.6 Å². The van der Waals surface area contributed by atoms with Crippen LogP contribution in [0.15, 0.2) is 82.8 Å². The predicted molar refractivity (Wildman–Crippen MR) is 146 cm³/mol. The Morgan fingerprint density at radius 1 is 1.10 bits per heavy atom. The number of carbonyl (C=O) groups excluding carboxylic acids is 1. The lowest BCUT2D eigenvalue weighted by atomic mass is 9.72. The minimum atomic E-state index is -3.66. The van der Waals surface area contributed by atoms with Gasteiger partial charge in [0.05, 0.1) is 12.0 Å². The zero-order valence-corrected chi connectivity index (χ0v) is 22.7. The predicted octanol–water partition coefficient (Wildman–Crippen LogP) is 4.98. The molecule has 1 saturated carbocycles. The molecule has 1 amide bonds. The van der Waals surface area contributed by atoms with Crippen molar-refractivity contribution in [2.24, 2.45) is 5.92 Å². The standard InChI is InChI=1S/C28H28F2N4O3S2/c29-28(30)13-12-24(25(19-28)27(35)33-16-14-31)23-6-2-1-5-22(23)20-8-10-21(11-9-20)38-18-17-34-39(36,37)26-7-3-4-15-32-26/h1-11,15,24-25,34H,12-13,16-19H2,(H,33,35)/t24-,25+/m0/s1. The van der Waals surface area contributed by atoms with E-state index in [0.29, 0.717) is 5.75 Å². The van der Waals surface area contributed by atoms with Crippen molar-refractivity contribution < 1.29 is 22.0 Å². The fourth-order valence-electron chi connectivity index (χ4n) is 4.78. The number of aromatic nitrogens is 1. The molecule has 204 valence electrons. The van der Waals surface area contributed by atoms with Crippen LogP contribution in [0.3, 0.4) is 0 Å². The number of nitrogens with one attached hydrogen (secondary N) is 2. The van der Waals surface area contributed by atoms with Crippen LogP contribution in [-0.4, -0.2) is 44.1 Å². The number of nitrogens with zero attached hydrogens (tertiary/aromatic N) is 2. The number of pyridine rings is 1. The molecule has 4 rings (SSSR count). The normalized spacial score (nSPS) is 18.7. The highest BCUT2D eigenvalue weighted by Gasteiger charge is 2.45. The maximum Gasteiger partial charge on any atom is 0.258 e. The summed E-state index contributed by atoms with van der Waals surface area (Å²) in [5, 5.41) is 11.3. The number of nitriles is 1. The Morgan fingerprint density at radius 3 is 2.56 bits per heavy atom. The van der Waals surface area contributed by atoms with E-state index in [1.54, 1.807) is 12.1 Å². The SMILES string of the molecule is N#CCNC(=O)[C@@H]1CC(F)(F)CC[C@H]1c1ccccc1-c1ccc(SCCNS(=O)(=O)c2ccccn2)cc1. The summed E-state index contributed by atoms with van der Waals surface area (Å²) in [5.74, 6) is -4.28. The number of carbonyl (C=O) groups is 1. The first-order valence-corrected chi connectivity index (χ1v) is 14.9. The van der Waals surface area contributed by atoms with Gasteiger partial charge >= 0.3 is 0 Å². The van der Waals surface area contributed by atoms with E-state index in [0.717, 1.165) is 21.6 Å². The molecule has 3 aromatic rings. The number of sulfonamides is 1. The van der Waals surface area contributed by atoms with Gasteiger partial charge in [-0.3, -0.25) is 4.79 Å². The second-order valence-electron chi connectivity index (χ2n) is 9.21. The van der Waals surface area contributed by atoms with Gasteiger partial charge in [0.25, 0.3) is 10.0 Å². The van der Waals surface area contributed by atoms with Crippen molar-refractivity contribution in [2.45, 2.75) is 41.0 Å². The summed E-state index contributed by atoms with van der Waals surface area (Å²) in [4.78, 5) is 17.6. The number of hydrogen-bond donors (Lipinski definition) is 2. The molecule has 0 bridgehead atoms. The third kappa shape index (κ3) is 7.41. The fourth-order valence-corrected chi connectivity index (χ4v) is 6.65. The van der Waals surface area contributed by atoms with Gasteiger partial charge in [-0.2, -0.15) is 5.26 Å². The van der Waals surface area contributed by atoms with Crippen molar-refractivity contribution >= 4 is 27.7 Å². The number of hydrogen-bond acceptors (Lipinski definition) is 6. The third-order valence-corrected chi connectivity index (χ3v) is 9.00. The summed E-state index contributed by atoms with van der Waals surface area (Å²) in [6, 6.07) is 21.8. The lowest BCUT2D eigenvalue weighted by molar-refractivity contribution is -0.133. The minimum absolute atomic E-state index is 0.0236. The quantitative estimate of drug-likeness (QED) is 0.202. The van der Waals surface area contributed by atoms with Crippen LogP contribution >= 0.6 is 11.8 Å². The highest BCUT2D eigenvalue weighted by molar-refractivity contribution is 7.99. The lowest BCUT2D eigenvalue weighted by Gasteiger charge is -2.36. The number of halogens is 2. The molecule has 1 aliphatic rings. The fraction of sp³-hybridized carbons (Fsp3) is 0.321. The summed E-state index contributed by atoms with van der Waals surface area (Å²) >= 11 is 1.49. The summed E-state index contributed by atoms with van der Waals surface area (Å²) in [6.45, 7) is 0.00865. The van der Waals surface area contributed by atoms with Gasteiger partial charge in [0.15, 0.2) is 5.03 Å². The average Bonchev–Trinajstić information content (AvgIpc) is 2.94. The van der Waals surface area contributed by atoms with Crippen LogP contribution in [-0.2, 0) is 14.8 Å². The molecule has 2 atom stereocenters. The Labute approximate surface area is 231 Å². The largest absolute Gasteiger partial charge is 0.343 e. The first kappa shape index (κ1) is 28.7. The molecule has 0 unspecified atom stereocenters. The molecule has 0 radical (unpaired) electrons. The number of amides is 1. The Balaban J connectivity index is 1.44. The Bertz CT molecular complexity index is 1430. The summed E-state index contributed by atoms with van der Waals surface area (Å²) in [6.07, 6.45) is 0.740. The van der Waals surface area contributed by atoms with Gasteiger partial charge in [-0.15, -0.1) is 11.8 Å². The van der Waals surface area contributed by atoms with Crippen molar-refractivity contribution in [2.75, 3.05) is 18.8 Å². The average molecular weight is 571 g/mol. The van der Waals surface area contributed by atoms with E-state index in [9.17, 15) is 22.0 Å². The lowest BCUT2D eigenvalue weighted by Crippen LogP contribution is -2.41. The Hall–Kier alpha value is -3.33. The smallest absolute Gasteiger partial charge is 0.258 e. The zero-order chi connectivity index (χ0) is 27.9. The van der Waals surface area contributed by atoms with Crippen LogP contribution in [0.2, 0.25) is 0 Å². The van der Waals surface area contributed by atoms with Gasteiger partial charge in [-0.05, 0) is 53.3 Å². The maximum absolute atomic E-state index is 14.3. The minimum Gasteiger partial charge on any atom is -0.343 e. The molecule has 1 fully saturated rings. The van der Waals surface area contributed by atoms with Gasteiger partial charge in [-0.1, -0.05) is 42.5 Å². The first-order valence-electron chi connectivity index (χ1n) is 12.5. The van der Waals surface area contributed by atoms with E-state index in [1.165, 1.54) is 24.0 Å². The molecule has 1 aromatic heterocycles. The van der Waals surface area contributed by atoms with Crippen LogP contribution in [0, 0.1) is 17.2 Å². The summed E-state index contributed by atoms with van der Waals surface area (Å²) in [7, 11) is -3.66. The summed E-state index contributed by atoms with van der Waals surface area (Å²) < 4.78 is 55.7. The number of thioether (sulfide) groups is 1. The van der Waals surface area contributed by atoms with E-state index in [2.05, 4.69) is 15.0 Å². The van der Waals surface area contributed by atoms with E-state index in [-0.39, 0.29) is 31.0 Å². The second-order valence-corrected chi connectivity index (χ2v) is 12.1. The molecule has 2 N–H and O–H groups in total. The van der Waals surface area contributed by atoms with Crippen molar-refractivity contribution in [3.8, 4) is 17.2 Å². The van der Waals surface area contributed by atoms with Gasteiger partial charge in [0.1, 0.15) is 6.54 Å². The molecule has 2 aromatic carbocycles. The van der Waals surface area contributed by atoms with Crippen molar-refractivity contribution in [1.29, 1.82) is 5.26 Å². The first-order chi connectivity index (χ1) is 18.7. The van der Waals surface area contributed by atoms with Gasteiger partial charge in [0, 0.05) is 36.2 Å². The van der Waals surface area contributed by atoms with E-state index < -0.39 is 40.1 Å². The molecule has 39 heavy (non-hydrogen) atoms. The van der Waals surface area contributed by atoms with E-state index >= 15 is 0 Å². The van der Waals surface area contributed by atoms with Crippen molar-refractivity contribution in [3.63, 3.8) is 0 Å².